The Bertz CT molecular complexity index is 1180. The van der Waals surface area contributed by atoms with E-state index in [2.05, 4.69) is 28.6 Å². The van der Waals surface area contributed by atoms with Crippen molar-refractivity contribution in [2.45, 2.75) is 84.6 Å². The van der Waals surface area contributed by atoms with E-state index in [1.54, 1.807) is 7.11 Å². The molecule has 4 rings (SSSR count). The van der Waals surface area contributed by atoms with Crippen LogP contribution >= 0.6 is 0 Å². The van der Waals surface area contributed by atoms with Crippen molar-refractivity contribution in [2.75, 3.05) is 45.2 Å². The molecule has 3 heterocycles. The number of methoxy groups -OCH3 is 1. The number of fused-ring (bicyclic) bond motifs is 1. The number of likely N-dealkylation sites (tertiary alicyclic amines) is 1. The van der Waals surface area contributed by atoms with Crippen molar-refractivity contribution in [3.05, 3.63) is 42.1 Å². The van der Waals surface area contributed by atoms with Gasteiger partial charge in [-0.25, -0.2) is 9.97 Å². The Morgan fingerprint density at radius 3 is 2.23 bits per heavy atom. The summed E-state index contributed by atoms with van der Waals surface area (Å²) in [5.41, 5.74) is 3.01. The maximum atomic E-state index is 13.7. The Labute approximate surface area is 240 Å². The number of aromatic nitrogens is 3. The quantitative estimate of drug-likeness (QED) is 0.197. The largest absolute Gasteiger partial charge is 0.497 e. The molecular weight excluding hydrogens is 500 g/mol. The molecule has 1 saturated heterocycles. The molecular formula is C32H48N6O2. The third-order valence-electron chi connectivity index (χ3n) is 7.81. The number of nitrogens with zero attached hydrogens (tertiary/aromatic N) is 5. The van der Waals surface area contributed by atoms with E-state index in [0.717, 1.165) is 99.7 Å². The summed E-state index contributed by atoms with van der Waals surface area (Å²) in [6.07, 6.45) is 11.5. The van der Waals surface area contributed by atoms with Crippen LogP contribution in [0.25, 0.3) is 11.2 Å². The summed E-state index contributed by atoms with van der Waals surface area (Å²) in [5, 5.41) is 3.49. The van der Waals surface area contributed by atoms with Crippen molar-refractivity contribution in [1.29, 1.82) is 0 Å². The number of imidazole rings is 1. The predicted molar refractivity (Wildman–Crippen MR) is 164 cm³/mol. The molecule has 0 spiro atoms. The fourth-order valence-electron chi connectivity index (χ4n) is 5.45. The van der Waals surface area contributed by atoms with E-state index in [-0.39, 0.29) is 5.91 Å². The molecule has 1 amide bonds. The maximum Gasteiger partial charge on any atom is 0.272 e. The summed E-state index contributed by atoms with van der Waals surface area (Å²) in [7, 11) is 1.67. The van der Waals surface area contributed by atoms with Crippen molar-refractivity contribution in [3.63, 3.8) is 0 Å². The zero-order chi connectivity index (χ0) is 28.2. The number of benzene rings is 1. The molecule has 0 saturated carbocycles. The molecule has 1 aliphatic heterocycles. The number of carbonyl (C=O) groups is 1. The Morgan fingerprint density at radius 2 is 1.57 bits per heavy atom. The second-order valence-electron chi connectivity index (χ2n) is 10.9. The highest BCUT2D eigenvalue weighted by atomic mass is 16.5. The van der Waals surface area contributed by atoms with Gasteiger partial charge in [-0.05, 0) is 88.1 Å². The monoisotopic (exact) mass is 548 g/mol. The highest BCUT2D eigenvalue weighted by Gasteiger charge is 2.20. The third kappa shape index (κ3) is 8.19. The van der Waals surface area contributed by atoms with Crippen LogP contribution in [0.3, 0.4) is 0 Å². The van der Waals surface area contributed by atoms with Crippen LogP contribution in [0.2, 0.25) is 0 Å². The van der Waals surface area contributed by atoms with E-state index in [1.807, 2.05) is 41.3 Å². The minimum Gasteiger partial charge on any atom is -0.497 e. The van der Waals surface area contributed by atoms with Gasteiger partial charge in [0.05, 0.1) is 7.11 Å². The predicted octanol–water partition coefficient (Wildman–Crippen LogP) is 6.88. The molecule has 3 aromatic rings. The molecule has 1 N–H and O–H groups in total. The topological polar surface area (TPSA) is 75.5 Å². The van der Waals surface area contributed by atoms with Crippen LogP contribution < -0.4 is 10.1 Å². The smallest absolute Gasteiger partial charge is 0.272 e. The lowest BCUT2D eigenvalue weighted by Gasteiger charge is -2.26. The van der Waals surface area contributed by atoms with Crippen molar-refractivity contribution in [2.24, 2.45) is 0 Å². The van der Waals surface area contributed by atoms with E-state index in [4.69, 9.17) is 14.7 Å². The lowest BCUT2D eigenvalue weighted by Crippen LogP contribution is -2.33. The summed E-state index contributed by atoms with van der Waals surface area (Å²) in [6.45, 7) is 10.2. The molecule has 1 fully saturated rings. The van der Waals surface area contributed by atoms with Crippen molar-refractivity contribution in [1.82, 2.24) is 24.3 Å². The van der Waals surface area contributed by atoms with E-state index < -0.39 is 0 Å². The van der Waals surface area contributed by atoms with Gasteiger partial charge in [-0.3, -0.25) is 9.36 Å². The van der Waals surface area contributed by atoms with Crippen LogP contribution in [0.5, 0.6) is 5.75 Å². The molecule has 0 atom stereocenters. The number of anilines is 2. The van der Waals surface area contributed by atoms with Crippen LogP contribution in [0.1, 0.15) is 88.5 Å². The van der Waals surface area contributed by atoms with E-state index in [9.17, 15) is 4.79 Å². The van der Waals surface area contributed by atoms with E-state index in [0.29, 0.717) is 5.69 Å². The van der Waals surface area contributed by atoms with Crippen molar-refractivity contribution >= 4 is 28.7 Å². The first-order valence-electron chi connectivity index (χ1n) is 15.4. The Morgan fingerprint density at radius 1 is 0.875 bits per heavy atom. The van der Waals surface area contributed by atoms with E-state index in [1.165, 1.54) is 32.4 Å². The number of pyridine rings is 1. The number of carbonyl (C=O) groups excluding carboxylic acids is 1. The second kappa shape index (κ2) is 15.6. The van der Waals surface area contributed by atoms with Crippen molar-refractivity contribution in [3.8, 4) is 5.75 Å². The van der Waals surface area contributed by atoms with Gasteiger partial charge >= 0.3 is 0 Å². The molecule has 8 heteroatoms. The Hall–Kier alpha value is -3.13. The summed E-state index contributed by atoms with van der Waals surface area (Å²) in [5.74, 6) is 1.59. The standard InChI is InChI=1S/C32H48N6O2/c1-4-6-9-23-37(24-10-7-5-2)31(39)29-19-18-28-30(34-29)38(25-13-22-36-20-11-8-12-21-36)32(35-28)33-26-14-16-27(40-3)17-15-26/h14-19H,4-13,20-25H2,1-3H3,(H,33,35). The zero-order valence-electron chi connectivity index (χ0n) is 24.8. The van der Waals surface area contributed by atoms with Gasteiger partial charge in [0.1, 0.15) is 17.0 Å². The number of hydrogen-bond donors (Lipinski definition) is 1. The summed E-state index contributed by atoms with van der Waals surface area (Å²) in [4.78, 5) is 28.1. The van der Waals surface area contributed by atoms with Crippen LogP contribution in [0.4, 0.5) is 11.6 Å². The normalized spacial score (nSPS) is 14.0. The van der Waals surface area contributed by atoms with Gasteiger partial charge in [-0.15, -0.1) is 0 Å². The SMILES string of the molecule is CCCCCN(CCCCC)C(=O)c1ccc2nc(Nc3ccc(OC)cc3)n(CCCN3CCCCC3)c2n1. The Balaban J connectivity index is 1.59. The van der Waals surface area contributed by atoms with Crippen LogP contribution in [0.15, 0.2) is 36.4 Å². The number of unbranched alkanes of at least 4 members (excludes halogenated alkanes) is 4. The molecule has 0 radical (unpaired) electrons. The lowest BCUT2D eigenvalue weighted by molar-refractivity contribution is 0.0744. The van der Waals surface area contributed by atoms with Crippen LogP contribution in [0, 0.1) is 0 Å². The van der Waals surface area contributed by atoms with Crippen molar-refractivity contribution < 1.29 is 9.53 Å². The number of piperidine rings is 1. The minimum absolute atomic E-state index is 0.0276. The first-order chi connectivity index (χ1) is 19.6. The lowest BCUT2D eigenvalue weighted by atomic mass is 10.1. The fourth-order valence-corrected chi connectivity index (χ4v) is 5.45. The highest BCUT2D eigenvalue weighted by Crippen LogP contribution is 2.25. The summed E-state index contributed by atoms with van der Waals surface area (Å²) in [6, 6.07) is 11.6. The number of hydrogen-bond acceptors (Lipinski definition) is 6. The van der Waals surface area contributed by atoms with Gasteiger partial charge in [0, 0.05) is 25.3 Å². The molecule has 0 aliphatic carbocycles. The van der Waals surface area contributed by atoms with Gasteiger partial charge in [0.2, 0.25) is 5.95 Å². The fraction of sp³-hybridized carbons (Fsp3) is 0.594. The van der Waals surface area contributed by atoms with Gasteiger partial charge in [-0.2, -0.15) is 0 Å². The van der Waals surface area contributed by atoms with Gasteiger partial charge in [0.25, 0.3) is 5.91 Å². The first kappa shape index (κ1) is 29.8. The number of nitrogens with one attached hydrogen (secondary N) is 1. The van der Waals surface area contributed by atoms with Gasteiger partial charge in [-0.1, -0.05) is 46.0 Å². The number of amides is 1. The maximum absolute atomic E-state index is 13.7. The summed E-state index contributed by atoms with van der Waals surface area (Å²) < 4.78 is 7.47. The molecule has 0 unspecified atom stereocenters. The second-order valence-corrected chi connectivity index (χ2v) is 10.9. The van der Waals surface area contributed by atoms with Crippen LogP contribution in [-0.4, -0.2) is 70.1 Å². The van der Waals surface area contributed by atoms with E-state index >= 15 is 0 Å². The number of rotatable bonds is 16. The van der Waals surface area contributed by atoms with Crippen LogP contribution in [-0.2, 0) is 6.54 Å². The molecule has 1 aliphatic rings. The number of ether oxygens (including phenoxy) is 1. The average Bonchev–Trinajstić information content (AvgIpc) is 3.33. The molecule has 1 aromatic carbocycles. The Kier molecular flexibility index (Phi) is 11.6. The molecule has 8 nitrogen and oxygen atoms in total. The highest BCUT2D eigenvalue weighted by molar-refractivity contribution is 5.94. The third-order valence-corrected chi connectivity index (χ3v) is 7.81. The zero-order valence-corrected chi connectivity index (χ0v) is 24.8. The average molecular weight is 549 g/mol. The summed E-state index contributed by atoms with van der Waals surface area (Å²) >= 11 is 0. The minimum atomic E-state index is 0.0276. The van der Waals surface area contributed by atoms with Gasteiger partial charge < -0.3 is 19.9 Å². The molecule has 218 valence electrons. The molecule has 0 bridgehead atoms. The first-order valence-corrected chi connectivity index (χ1v) is 15.4. The molecule has 2 aromatic heterocycles. The van der Waals surface area contributed by atoms with Gasteiger partial charge in [0.15, 0.2) is 5.65 Å². The molecule has 40 heavy (non-hydrogen) atoms. The number of aryl methyl sites for hydroxylation is 1.